The van der Waals surface area contributed by atoms with E-state index in [-0.39, 0.29) is 10.6 Å². The number of nitrogens with one attached hydrogen (secondary N) is 1. The summed E-state index contributed by atoms with van der Waals surface area (Å²) in [5.41, 5.74) is 0.105. The number of anilines is 1. The second-order valence-electron chi connectivity index (χ2n) is 3.92. The summed E-state index contributed by atoms with van der Waals surface area (Å²) in [6.07, 6.45) is 2.42. The fraction of sp³-hybridized carbons (Fsp3) is 0.455. The van der Waals surface area contributed by atoms with Crippen molar-refractivity contribution < 1.29 is 9.90 Å². The minimum Gasteiger partial charge on any atom is -0.478 e. The molecule has 2 N–H and O–H groups in total. The summed E-state index contributed by atoms with van der Waals surface area (Å²) in [5, 5.41) is 12.5. The van der Waals surface area contributed by atoms with Crippen LogP contribution in [0.4, 0.5) is 5.82 Å². The van der Waals surface area contributed by atoms with Gasteiger partial charge in [-0.2, -0.15) is 0 Å². The van der Waals surface area contributed by atoms with Crippen LogP contribution in [0.15, 0.2) is 12.3 Å². The van der Waals surface area contributed by atoms with Crippen LogP contribution in [0.25, 0.3) is 0 Å². The minimum absolute atomic E-state index is 0.105. The SMILES string of the molecule is O=C(O)c1cc(N2CCCNCC2)ncc1Cl. The molecule has 2 heterocycles. The zero-order chi connectivity index (χ0) is 12.3. The Morgan fingerprint density at radius 3 is 3.06 bits per heavy atom. The van der Waals surface area contributed by atoms with Gasteiger partial charge in [0, 0.05) is 25.8 Å². The smallest absolute Gasteiger partial charge is 0.337 e. The Morgan fingerprint density at radius 1 is 1.47 bits per heavy atom. The van der Waals surface area contributed by atoms with Crippen molar-refractivity contribution in [3.8, 4) is 0 Å². The summed E-state index contributed by atoms with van der Waals surface area (Å²) < 4.78 is 0. The van der Waals surface area contributed by atoms with Gasteiger partial charge in [-0.3, -0.25) is 0 Å². The monoisotopic (exact) mass is 255 g/mol. The summed E-state index contributed by atoms with van der Waals surface area (Å²) in [5.74, 6) is -0.345. The fourth-order valence-corrected chi connectivity index (χ4v) is 2.02. The Labute approximate surface area is 104 Å². The van der Waals surface area contributed by atoms with Crippen LogP contribution in [0, 0.1) is 0 Å². The molecule has 1 fully saturated rings. The number of hydrogen-bond acceptors (Lipinski definition) is 4. The van der Waals surface area contributed by atoms with Crippen molar-refractivity contribution in [2.45, 2.75) is 6.42 Å². The van der Waals surface area contributed by atoms with E-state index >= 15 is 0 Å². The Bertz CT molecular complexity index is 417. The molecule has 0 aliphatic carbocycles. The third-order valence-corrected chi connectivity index (χ3v) is 3.04. The molecule has 1 aliphatic heterocycles. The summed E-state index contributed by atoms with van der Waals surface area (Å²) in [4.78, 5) is 17.2. The molecule has 6 heteroatoms. The first kappa shape index (κ1) is 12.1. The number of carboxylic acids is 1. The van der Waals surface area contributed by atoms with Gasteiger partial charge in [0.2, 0.25) is 0 Å². The number of aromatic nitrogens is 1. The lowest BCUT2D eigenvalue weighted by molar-refractivity contribution is 0.0697. The molecule has 92 valence electrons. The fourth-order valence-electron chi connectivity index (χ4n) is 1.84. The van der Waals surface area contributed by atoms with Crippen molar-refractivity contribution in [2.24, 2.45) is 0 Å². The summed E-state index contributed by atoms with van der Waals surface area (Å²) in [6.45, 7) is 3.57. The van der Waals surface area contributed by atoms with Crippen LogP contribution in [0.1, 0.15) is 16.8 Å². The first-order valence-corrected chi connectivity index (χ1v) is 5.91. The van der Waals surface area contributed by atoms with E-state index in [9.17, 15) is 4.79 Å². The van der Waals surface area contributed by atoms with Crippen LogP contribution in [-0.4, -0.2) is 42.2 Å². The molecule has 1 aromatic heterocycles. The van der Waals surface area contributed by atoms with E-state index in [1.54, 1.807) is 0 Å². The maximum Gasteiger partial charge on any atom is 0.337 e. The highest BCUT2D eigenvalue weighted by molar-refractivity contribution is 6.33. The van der Waals surface area contributed by atoms with Gasteiger partial charge in [0.05, 0.1) is 10.6 Å². The average molecular weight is 256 g/mol. The Hall–Kier alpha value is -1.33. The highest BCUT2D eigenvalue weighted by atomic mass is 35.5. The number of hydrogen-bond donors (Lipinski definition) is 2. The molecular formula is C11H14ClN3O2. The van der Waals surface area contributed by atoms with Crippen LogP contribution in [0.2, 0.25) is 5.02 Å². The normalized spacial score (nSPS) is 16.6. The topological polar surface area (TPSA) is 65.5 Å². The molecule has 1 aliphatic rings. The van der Waals surface area contributed by atoms with Crippen LogP contribution >= 0.6 is 11.6 Å². The molecule has 5 nitrogen and oxygen atoms in total. The molecule has 0 radical (unpaired) electrons. The predicted molar refractivity (Wildman–Crippen MR) is 65.9 cm³/mol. The van der Waals surface area contributed by atoms with E-state index in [0.717, 1.165) is 32.6 Å². The molecule has 0 spiro atoms. The Morgan fingerprint density at radius 2 is 2.29 bits per heavy atom. The van der Waals surface area contributed by atoms with Gasteiger partial charge in [-0.25, -0.2) is 9.78 Å². The number of nitrogens with zero attached hydrogens (tertiary/aromatic N) is 2. The zero-order valence-corrected chi connectivity index (χ0v) is 10.1. The second kappa shape index (κ2) is 5.33. The maximum atomic E-state index is 11.0. The predicted octanol–water partition coefficient (Wildman–Crippen LogP) is 1.23. The van der Waals surface area contributed by atoms with Crippen molar-refractivity contribution in [1.29, 1.82) is 0 Å². The molecular weight excluding hydrogens is 242 g/mol. The molecule has 0 aromatic carbocycles. The lowest BCUT2D eigenvalue weighted by Crippen LogP contribution is -2.28. The van der Waals surface area contributed by atoms with Crippen LogP contribution in [-0.2, 0) is 0 Å². The van der Waals surface area contributed by atoms with E-state index in [1.807, 2.05) is 0 Å². The number of halogens is 1. The highest BCUT2D eigenvalue weighted by Gasteiger charge is 2.15. The van der Waals surface area contributed by atoms with Crippen molar-refractivity contribution in [3.63, 3.8) is 0 Å². The number of rotatable bonds is 2. The molecule has 0 amide bonds. The van der Waals surface area contributed by atoms with Crippen LogP contribution in [0.3, 0.4) is 0 Å². The third kappa shape index (κ3) is 2.87. The molecule has 0 atom stereocenters. The summed E-state index contributed by atoms with van der Waals surface area (Å²) >= 11 is 5.79. The second-order valence-corrected chi connectivity index (χ2v) is 4.33. The Balaban J connectivity index is 2.25. The standard InChI is InChI=1S/C11H14ClN3O2/c12-9-7-14-10(6-8(9)11(16)17)15-4-1-2-13-3-5-15/h6-7,13H,1-5H2,(H,16,17). The van der Waals surface area contributed by atoms with Gasteiger partial charge in [0.15, 0.2) is 0 Å². The number of carbonyl (C=O) groups is 1. The van der Waals surface area contributed by atoms with Gasteiger partial charge < -0.3 is 15.3 Å². The first-order chi connectivity index (χ1) is 8.18. The van der Waals surface area contributed by atoms with Gasteiger partial charge >= 0.3 is 5.97 Å². The van der Waals surface area contributed by atoms with Gasteiger partial charge in [0.25, 0.3) is 0 Å². The molecule has 0 saturated carbocycles. The molecule has 1 aromatic rings. The van der Waals surface area contributed by atoms with Crippen molar-refractivity contribution in [3.05, 3.63) is 22.8 Å². The highest BCUT2D eigenvalue weighted by Crippen LogP contribution is 2.20. The van der Waals surface area contributed by atoms with Gasteiger partial charge in [-0.1, -0.05) is 11.6 Å². The van der Waals surface area contributed by atoms with E-state index in [4.69, 9.17) is 16.7 Å². The van der Waals surface area contributed by atoms with Gasteiger partial charge in [-0.15, -0.1) is 0 Å². The van der Waals surface area contributed by atoms with E-state index in [2.05, 4.69) is 15.2 Å². The first-order valence-electron chi connectivity index (χ1n) is 5.53. The maximum absolute atomic E-state index is 11.0. The number of aromatic carboxylic acids is 1. The summed E-state index contributed by atoms with van der Waals surface area (Å²) in [6, 6.07) is 1.54. The quantitative estimate of drug-likeness (QED) is 0.832. The van der Waals surface area contributed by atoms with Gasteiger partial charge in [-0.05, 0) is 19.0 Å². The molecule has 0 bridgehead atoms. The van der Waals surface area contributed by atoms with Gasteiger partial charge in [0.1, 0.15) is 5.82 Å². The molecule has 1 saturated heterocycles. The zero-order valence-electron chi connectivity index (χ0n) is 9.32. The molecule has 17 heavy (non-hydrogen) atoms. The number of pyridine rings is 1. The van der Waals surface area contributed by atoms with Crippen LogP contribution in [0.5, 0.6) is 0 Å². The molecule has 2 rings (SSSR count). The summed E-state index contributed by atoms with van der Waals surface area (Å²) in [7, 11) is 0. The number of carboxylic acid groups (broad SMARTS) is 1. The lowest BCUT2D eigenvalue weighted by Gasteiger charge is -2.21. The Kier molecular flexibility index (Phi) is 3.81. The minimum atomic E-state index is -1.02. The molecule has 0 unspecified atom stereocenters. The average Bonchev–Trinajstić information content (AvgIpc) is 2.58. The van der Waals surface area contributed by atoms with Crippen molar-refractivity contribution >= 4 is 23.4 Å². The lowest BCUT2D eigenvalue weighted by atomic mass is 10.2. The van der Waals surface area contributed by atoms with E-state index in [0.29, 0.717) is 5.82 Å². The third-order valence-electron chi connectivity index (χ3n) is 2.74. The van der Waals surface area contributed by atoms with Crippen molar-refractivity contribution in [2.75, 3.05) is 31.1 Å². The van der Waals surface area contributed by atoms with Crippen LogP contribution < -0.4 is 10.2 Å². The van der Waals surface area contributed by atoms with E-state index in [1.165, 1.54) is 12.3 Å². The van der Waals surface area contributed by atoms with E-state index < -0.39 is 5.97 Å². The largest absolute Gasteiger partial charge is 0.478 e. The van der Waals surface area contributed by atoms with Crippen molar-refractivity contribution in [1.82, 2.24) is 10.3 Å².